The molecule has 0 heterocycles. The van der Waals surface area contributed by atoms with Crippen LogP contribution in [0.1, 0.15) is 36.9 Å². The van der Waals surface area contributed by atoms with E-state index in [-0.39, 0.29) is 6.04 Å². The van der Waals surface area contributed by atoms with E-state index in [0.29, 0.717) is 0 Å². The van der Waals surface area contributed by atoms with Gasteiger partial charge < -0.3 is 0 Å². The van der Waals surface area contributed by atoms with Crippen molar-refractivity contribution in [1.29, 1.82) is 0 Å². The van der Waals surface area contributed by atoms with Gasteiger partial charge in [-0.3, -0.25) is 11.3 Å². The lowest BCUT2D eigenvalue weighted by Crippen LogP contribution is -2.28. The molecule has 1 atom stereocenters. The molecule has 0 saturated carbocycles. The molecule has 3 N–H and O–H groups in total. The van der Waals surface area contributed by atoms with Gasteiger partial charge in [0.15, 0.2) is 0 Å². The number of benzene rings is 1. The number of hydrazine groups is 1. The lowest BCUT2D eigenvalue weighted by Gasteiger charge is -2.19. The second-order valence-corrected chi connectivity index (χ2v) is 4.91. The maximum atomic E-state index is 5.61. The minimum Gasteiger partial charge on any atom is -0.271 e. The standard InChI is InChI=1S/C13H19BrN2/c1-4-9(2)8-13(16-15)11-7-10(3)5-6-12(11)14/h5-7,13,16H,2,4,8,15H2,1,3H3. The number of hydrogen-bond acceptors (Lipinski definition) is 2. The van der Waals surface area contributed by atoms with E-state index >= 15 is 0 Å². The summed E-state index contributed by atoms with van der Waals surface area (Å²) in [5, 5.41) is 0. The molecule has 3 heteroatoms. The molecule has 0 aliphatic rings. The molecule has 0 aliphatic heterocycles. The summed E-state index contributed by atoms with van der Waals surface area (Å²) >= 11 is 3.56. The van der Waals surface area contributed by atoms with Crippen LogP contribution in [0.2, 0.25) is 0 Å². The minimum absolute atomic E-state index is 0.127. The normalized spacial score (nSPS) is 12.5. The molecule has 0 aliphatic carbocycles. The summed E-state index contributed by atoms with van der Waals surface area (Å²) < 4.78 is 1.09. The van der Waals surface area contributed by atoms with Crippen molar-refractivity contribution in [3.8, 4) is 0 Å². The van der Waals surface area contributed by atoms with Crippen molar-refractivity contribution in [2.24, 2.45) is 5.84 Å². The number of aryl methyl sites for hydroxylation is 1. The fraction of sp³-hybridized carbons (Fsp3) is 0.385. The highest BCUT2D eigenvalue weighted by Gasteiger charge is 2.13. The van der Waals surface area contributed by atoms with Crippen molar-refractivity contribution in [2.45, 2.75) is 32.7 Å². The van der Waals surface area contributed by atoms with Gasteiger partial charge in [-0.25, -0.2) is 0 Å². The zero-order valence-corrected chi connectivity index (χ0v) is 11.5. The smallest absolute Gasteiger partial charge is 0.0508 e. The number of rotatable bonds is 5. The molecule has 0 amide bonds. The predicted molar refractivity (Wildman–Crippen MR) is 73.0 cm³/mol. The van der Waals surface area contributed by atoms with E-state index in [1.54, 1.807) is 0 Å². The number of nitrogens with two attached hydrogens (primary N) is 1. The van der Waals surface area contributed by atoms with Crippen LogP contribution in [0.4, 0.5) is 0 Å². The van der Waals surface area contributed by atoms with E-state index in [4.69, 9.17) is 5.84 Å². The molecule has 0 bridgehead atoms. The lowest BCUT2D eigenvalue weighted by molar-refractivity contribution is 0.542. The van der Waals surface area contributed by atoms with Gasteiger partial charge in [0.05, 0.1) is 6.04 Å². The van der Waals surface area contributed by atoms with Crippen LogP contribution < -0.4 is 11.3 Å². The van der Waals surface area contributed by atoms with Crippen LogP contribution in [0, 0.1) is 6.92 Å². The maximum Gasteiger partial charge on any atom is 0.0508 e. The average molecular weight is 283 g/mol. The van der Waals surface area contributed by atoms with Crippen LogP contribution in [-0.2, 0) is 0 Å². The van der Waals surface area contributed by atoms with Crippen LogP contribution >= 0.6 is 15.9 Å². The highest BCUT2D eigenvalue weighted by atomic mass is 79.9. The SMILES string of the molecule is C=C(CC)CC(NN)c1cc(C)ccc1Br. The summed E-state index contributed by atoms with van der Waals surface area (Å²) in [5.41, 5.74) is 6.49. The summed E-state index contributed by atoms with van der Waals surface area (Å²) in [6, 6.07) is 6.42. The van der Waals surface area contributed by atoms with Crippen molar-refractivity contribution in [3.05, 3.63) is 46.0 Å². The van der Waals surface area contributed by atoms with Gasteiger partial charge in [0.1, 0.15) is 0 Å². The third-order valence-electron chi connectivity index (χ3n) is 2.72. The quantitative estimate of drug-likeness (QED) is 0.492. The van der Waals surface area contributed by atoms with Gasteiger partial charge in [0.25, 0.3) is 0 Å². The summed E-state index contributed by atoms with van der Waals surface area (Å²) in [6.07, 6.45) is 1.86. The van der Waals surface area contributed by atoms with E-state index in [1.807, 2.05) is 0 Å². The fourth-order valence-electron chi connectivity index (χ4n) is 1.62. The Balaban J connectivity index is 2.94. The zero-order chi connectivity index (χ0) is 12.1. The fourth-order valence-corrected chi connectivity index (χ4v) is 2.14. The molecule has 0 spiro atoms. The van der Waals surface area contributed by atoms with E-state index in [1.165, 1.54) is 16.7 Å². The van der Waals surface area contributed by atoms with Crippen LogP contribution in [-0.4, -0.2) is 0 Å². The molecular weight excluding hydrogens is 264 g/mol. The van der Waals surface area contributed by atoms with Gasteiger partial charge in [0, 0.05) is 4.47 Å². The van der Waals surface area contributed by atoms with Gasteiger partial charge >= 0.3 is 0 Å². The highest BCUT2D eigenvalue weighted by molar-refractivity contribution is 9.10. The molecule has 1 aromatic rings. The van der Waals surface area contributed by atoms with Crippen molar-refractivity contribution < 1.29 is 0 Å². The van der Waals surface area contributed by atoms with E-state index < -0.39 is 0 Å². The van der Waals surface area contributed by atoms with Gasteiger partial charge in [-0.1, -0.05) is 52.7 Å². The number of nitrogens with one attached hydrogen (secondary N) is 1. The van der Waals surface area contributed by atoms with Crippen molar-refractivity contribution in [3.63, 3.8) is 0 Å². The molecule has 1 rings (SSSR count). The van der Waals surface area contributed by atoms with Crippen molar-refractivity contribution in [1.82, 2.24) is 5.43 Å². The van der Waals surface area contributed by atoms with Gasteiger partial charge in [-0.2, -0.15) is 0 Å². The maximum absolute atomic E-state index is 5.61. The molecule has 1 unspecified atom stereocenters. The predicted octanol–water partition coefficient (Wildman–Crippen LogP) is 3.62. The number of halogens is 1. The second-order valence-electron chi connectivity index (χ2n) is 4.05. The Morgan fingerprint density at radius 2 is 2.25 bits per heavy atom. The summed E-state index contributed by atoms with van der Waals surface area (Å²) in [7, 11) is 0. The Morgan fingerprint density at radius 1 is 1.56 bits per heavy atom. The number of hydrogen-bond donors (Lipinski definition) is 2. The van der Waals surface area contributed by atoms with Gasteiger partial charge in [0.2, 0.25) is 0 Å². The first-order valence-corrected chi connectivity index (χ1v) is 6.26. The second kappa shape index (κ2) is 6.18. The van der Waals surface area contributed by atoms with E-state index in [2.05, 4.69) is 60.0 Å². The molecular formula is C13H19BrN2. The summed E-state index contributed by atoms with van der Waals surface area (Å²) in [4.78, 5) is 0. The largest absolute Gasteiger partial charge is 0.271 e. The molecule has 88 valence electrons. The van der Waals surface area contributed by atoms with Crippen LogP contribution in [0.25, 0.3) is 0 Å². The average Bonchev–Trinajstić information content (AvgIpc) is 2.29. The first kappa shape index (κ1) is 13.4. The van der Waals surface area contributed by atoms with Crippen LogP contribution in [0.5, 0.6) is 0 Å². The Morgan fingerprint density at radius 3 is 2.81 bits per heavy atom. The third kappa shape index (κ3) is 3.44. The molecule has 0 fully saturated rings. The first-order valence-electron chi connectivity index (χ1n) is 5.47. The van der Waals surface area contributed by atoms with Gasteiger partial charge in [-0.15, -0.1) is 0 Å². The third-order valence-corrected chi connectivity index (χ3v) is 3.44. The topological polar surface area (TPSA) is 38.0 Å². The monoisotopic (exact) mass is 282 g/mol. The van der Waals surface area contributed by atoms with E-state index in [9.17, 15) is 0 Å². The summed E-state index contributed by atoms with van der Waals surface area (Å²) in [6.45, 7) is 8.22. The summed E-state index contributed by atoms with van der Waals surface area (Å²) in [5.74, 6) is 5.61. The first-order chi connectivity index (χ1) is 7.58. The Labute approximate surface area is 106 Å². The molecule has 16 heavy (non-hydrogen) atoms. The molecule has 0 aromatic heterocycles. The Kier molecular flexibility index (Phi) is 5.19. The highest BCUT2D eigenvalue weighted by Crippen LogP contribution is 2.28. The molecule has 0 radical (unpaired) electrons. The molecule has 1 aromatic carbocycles. The van der Waals surface area contributed by atoms with Crippen LogP contribution in [0.3, 0.4) is 0 Å². The Hall–Kier alpha value is -0.640. The lowest BCUT2D eigenvalue weighted by atomic mass is 9.98. The van der Waals surface area contributed by atoms with Gasteiger partial charge in [-0.05, 0) is 31.4 Å². The minimum atomic E-state index is 0.127. The van der Waals surface area contributed by atoms with Crippen molar-refractivity contribution >= 4 is 15.9 Å². The van der Waals surface area contributed by atoms with E-state index in [0.717, 1.165) is 17.3 Å². The zero-order valence-electron chi connectivity index (χ0n) is 9.89. The van der Waals surface area contributed by atoms with Crippen molar-refractivity contribution in [2.75, 3.05) is 0 Å². The molecule has 0 saturated heterocycles. The molecule has 2 nitrogen and oxygen atoms in total. The van der Waals surface area contributed by atoms with Crippen LogP contribution in [0.15, 0.2) is 34.8 Å². The Bertz CT molecular complexity index is 374.